The molecule has 0 aliphatic carbocycles. The number of carbonyl (C=O) groups is 1. The van der Waals surface area contributed by atoms with Gasteiger partial charge in [0.05, 0.1) is 22.5 Å². The minimum atomic E-state index is -0.612. The van der Waals surface area contributed by atoms with Crippen LogP contribution in [0.5, 0.6) is 0 Å². The van der Waals surface area contributed by atoms with Crippen LogP contribution in [0.2, 0.25) is 0 Å². The minimum absolute atomic E-state index is 0.336. The normalized spacial score (nSPS) is 21.7. The lowest BCUT2D eigenvalue weighted by Gasteiger charge is -2.32. The first-order valence-corrected chi connectivity index (χ1v) is 10.0. The molecule has 0 spiro atoms. The molecule has 0 unspecified atom stereocenters. The summed E-state index contributed by atoms with van der Waals surface area (Å²) in [7, 11) is -0.566. The second-order valence-corrected chi connectivity index (χ2v) is 10.6. The second-order valence-electron chi connectivity index (χ2n) is 10.6. The number of nitrogens with zero attached hydrogens (tertiary/aromatic N) is 2. The van der Waals surface area contributed by atoms with Gasteiger partial charge in [0, 0.05) is 12.0 Å². The van der Waals surface area contributed by atoms with Crippen LogP contribution in [0.3, 0.4) is 0 Å². The molecule has 1 aromatic rings. The van der Waals surface area contributed by atoms with E-state index in [1.54, 1.807) is 11.0 Å². The molecule has 2 heterocycles. The summed E-state index contributed by atoms with van der Waals surface area (Å²) in [5, 5.41) is 9.87. The van der Waals surface area contributed by atoms with E-state index in [0.29, 0.717) is 17.8 Å². The van der Waals surface area contributed by atoms with Crippen LogP contribution >= 0.6 is 0 Å². The van der Waals surface area contributed by atoms with E-state index in [-0.39, 0.29) is 5.41 Å². The molecule has 29 heavy (non-hydrogen) atoms. The van der Waals surface area contributed by atoms with Crippen molar-refractivity contribution >= 4 is 24.4 Å². The van der Waals surface area contributed by atoms with Crippen LogP contribution in [0.25, 0.3) is 0 Å². The standard InChI is InChI=1S/C22H31BN2O4/c1-19(2,3)27-18(26)25-13-20(4,5)16-11-15(10-14(12-24)17(16)25)23-28-21(6,7)22(8,9)29-23/h10-11H,13H2,1-9H3. The molecule has 0 radical (unpaired) electrons. The first-order valence-electron chi connectivity index (χ1n) is 10.0. The molecule has 1 aromatic carbocycles. The van der Waals surface area contributed by atoms with Crippen molar-refractivity contribution in [3.8, 4) is 6.07 Å². The van der Waals surface area contributed by atoms with Gasteiger partial charge in [0.15, 0.2) is 0 Å². The number of hydrogen-bond acceptors (Lipinski definition) is 5. The van der Waals surface area contributed by atoms with Crippen molar-refractivity contribution in [2.45, 2.75) is 84.5 Å². The lowest BCUT2D eigenvalue weighted by molar-refractivity contribution is 0.00578. The molecule has 0 saturated carbocycles. The Balaban J connectivity index is 2.06. The lowest BCUT2D eigenvalue weighted by Crippen LogP contribution is -2.41. The fourth-order valence-corrected chi connectivity index (χ4v) is 3.70. The Morgan fingerprint density at radius 2 is 1.69 bits per heavy atom. The average molecular weight is 398 g/mol. The molecule has 2 aliphatic rings. The van der Waals surface area contributed by atoms with E-state index in [0.717, 1.165) is 11.0 Å². The summed E-state index contributed by atoms with van der Waals surface area (Å²) in [6, 6.07) is 6.02. The highest BCUT2D eigenvalue weighted by Crippen LogP contribution is 2.43. The number of rotatable bonds is 1. The molecular weight excluding hydrogens is 367 g/mol. The van der Waals surface area contributed by atoms with E-state index < -0.39 is 30.0 Å². The molecule has 0 N–H and O–H groups in total. The highest BCUT2D eigenvalue weighted by Gasteiger charge is 2.52. The van der Waals surface area contributed by atoms with Crippen LogP contribution in [0.1, 0.15) is 73.4 Å². The number of fused-ring (bicyclic) bond motifs is 1. The molecule has 0 aromatic heterocycles. The zero-order chi connectivity index (χ0) is 22.0. The Kier molecular flexibility index (Phi) is 4.84. The molecule has 6 nitrogen and oxygen atoms in total. The van der Waals surface area contributed by atoms with Crippen molar-refractivity contribution in [1.82, 2.24) is 0 Å². The summed E-state index contributed by atoms with van der Waals surface area (Å²) in [5.41, 5.74) is 0.862. The zero-order valence-electron chi connectivity index (χ0n) is 19.0. The summed E-state index contributed by atoms with van der Waals surface area (Å²) >= 11 is 0. The third-order valence-corrected chi connectivity index (χ3v) is 5.94. The van der Waals surface area contributed by atoms with Crippen molar-refractivity contribution in [3.63, 3.8) is 0 Å². The molecule has 0 atom stereocenters. The summed E-state index contributed by atoms with van der Waals surface area (Å²) < 4.78 is 17.9. The highest BCUT2D eigenvalue weighted by atomic mass is 16.7. The van der Waals surface area contributed by atoms with Crippen molar-refractivity contribution in [2.24, 2.45) is 0 Å². The van der Waals surface area contributed by atoms with Gasteiger partial charge in [-0.25, -0.2) is 4.79 Å². The van der Waals surface area contributed by atoms with E-state index in [1.807, 2.05) is 54.5 Å². The van der Waals surface area contributed by atoms with Gasteiger partial charge in [-0.15, -0.1) is 0 Å². The van der Waals surface area contributed by atoms with E-state index >= 15 is 0 Å². The first-order chi connectivity index (χ1) is 13.1. The Morgan fingerprint density at radius 3 is 2.17 bits per heavy atom. The number of amides is 1. The monoisotopic (exact) mass is 398 g/mol. The topological polar surface area (TPSA) is 71.8 Å². The third-order valence-electron chi connectivity index (χ3n) is 5.94. The number of hydrogen-bond donors (Lipinski definition) is 0. The number of carbonyl (C=O) groups excluding carboxylic acids is 1. The van der Waals surface area contributed by atoms with Crippen LogP contribution < -0.4 is 10.4 Å². The Hall–Kier alpha value is -2.04. The first kappa shape index (κ1) is 21.7. The van der Waals surface area contributed by atoms with E-state index in [9.17, 15) is 10.1 Å². The summed E-state index contributed by atoms with van der Waals surface area (Å²) in [5.74, 6) is 0. The van der Waals surface area contributed by atoms with E-state index in [1.165, 1.54) is 0 Å². The second kappa shape index (κ2) is 6.48. The number of benzene rings is 1. The van der Waals surface area contributed by atoms with E-state index in [2.05, 4.69) is 19.9 Å². The molecule has 3 rings (SSSR count). The van der Waals surface area contributed by atoms with Gasteiger partial charge in [0.25, 0.3) is 0 Å². The largest absolute Gasteiger partial charge is 0.494 e. The molecule has 1 fully saturated rings. The van der Waals surface area contributed by atoms with Gasteiger partial charge in [0.1, 0.15) is 11.7 Å². The number of anilines is 1. The third kappa shape index (κ3) is 3.76. The van der Waals surface area contributed by atoms with Crippen LogP contribution in [-0.2, 0) is 19.5 Å². The quantitative estimate of drug-likeness (QED) is 0.672. The lowest BCUT2D eigenvalue weighted by atomic mass is 9.74. The summed E-state index contributed by atoms with van der Waals surface area (Å²) in [4.78, 5) is 14.4. The van der Waals surface area contributed by atoms with Gasteiger partial charge >= 0.3 is 13.2 Å². The maximum atomic E-state index is 12.8. The SMILES string of the molecule is CC(C)(C)OC(=O)N1CC(C)(C)c2cc(B3OC(C)(C)C(C)(C)O3)cc(C#N)c21. The van der Waals surface area contributed by atoms with Crippen molar-refractivity contribution in [2.75, 3.05) is 11.4 Å². The van der Waals surface area contributed by atoms with Gasteiger partial charge in [-0.1, -0.05) is 19.9 Å². The Morgan fingerprint density at radius 1 is 1.14 bits per heavy atom. The van der Waals surface area contributed by atoms with E-state index in [4.69, 9.17) is 14.0 Å². The molecule has 0 bridgehead atoms. The van der Waals surface area contributed by atoms with Crippen molar-refractivity contribution in [1.29, 1.82) is 5.26 Å². The number of nitriles is 1. The average Bonchev–Trinajstić information content (AvgIpc) is 2.95. The van der Waals surface area contributed by atoms with Crippen molar-refractivity contribution in [3.05, 3.63) is 23.3 Å². The van der Waals surface area contributed by atoms with Gasteiger partial charge in [-0.3, -0.25) is 4.90 Å². The molecule has 2 aliphatic heterocycles. The van der Waals surface area contributed by atoms with Crippen molar-refractivity contribution < 1.29 is 18.8 Å². The minimum Gasteiger partial charge on any atom is -0.443 e. The zero-order valence-corrected chi connectivity index (χ0v) is 19.0. The van der Waals surface area contributed by atoms with Gasteiger partial charge in [-0.05, 0) is 65.6 Å². The maximum Gasteiger partial charge on any atom is 0.494 e. The van der Waals surface area contributed by atoms with Crippen LogP contribution in [0.4, 0.5) is 10.5 Å². The van der Waals surface area contributed by atoms with Gasteiger partial charge in [-0.2, -0.15) is 5.26 Å². The predicted molar refractivity (Wildman–Crippen MR) is 113 cm³/mol. The Bertz CT molecular complexity index is 877. The summed E-state index contributed by atoms with van der Waals surface area (Å²) in [6.45, 7) is 18.1. The molecular formula is C22H31BN2O4. The van der Waals surface area contributed by atoms with Crippen LogP contribution in [-0.4, -0.2) is 36.6 Å². The molecule has 156 valence electrons. The number of ether oxygens (including phenoxy) is 1. The predicted octanol–water partition coefficient (Wildman–Crippen LogP) is 3.89. The summed E-state index contributed by atoms with van der Waals surface area (Å²) in [6.07, 6.45) is -0.441. The Labute approximate surface area is 174 Å². The van der Waals surface area contributed by atoms with Crippen LogP contribution in [0.15, 0.2) is 12.1 Å². The molecule has 1 amide bonds. The molecule has 1 saturated heterocycles. The van der Waals surface area contributed by atoms with Gasteiger partial charge in [0.2, 0.25) is 0 Å². The molecule has 7 heteroatoms. The van der Waals surface area contributed by atoms with Crippen LogP contribution in [0, 0.1) is 11.3 Å². The smallest absolute Gasteiger partial charge is 0.443 e. The van der Waals surface area contributed by atoms with Gasteiger partial charge < -0.3 is 14.0 Å². The highest BCUT2D eigenvalue weighted by molar-refractivity contribution is 6.62. The fraction of sp³-hybridized carbons (Fsp3) is 0.636. The maximum absolute atomic E-state index is 12.8. The fourth-order valence-electron chi connectivity index (χ4n) is 3.70.